The van der Waals surface area contributed by atoms with Gasteiger partial charge in [0, 0.05) is 6.61 Å². The molecule has 1 nitrogen and oxygen atoms in total. The SMILES string of the molecule is C=C1C[C@@]23CC[C@@H]1[C@@]2(C)CCC[C@@]3(C)CO. The molecule has 0 amide bonds. The molecule has 0 aromatic carbocycles. The third-order valence-electron chi connectivity index (χ3n) is 6.67. The van der Waals surface area contributed by atoms with E-state index < -0.39 is 0 Å². The molecule has 0 aromatic heterocycles. The lowest BCUT2D eigenvalue weighted by atomic mass is 9.48. The van der Waals surface area contributed by atoms with Crippen molar-refractivity contribution >= 4 is 0 Å². The molecule has 0 unspecified atom stereocenters. The van der Waals surface area contributed by atoms with Crippen molar-refractivity contribution in [2.24, 2.45) is 22.2 Å². The van der Waals surface area contributed by atoms with Gasteiger partial charge in [0.2, 0.25) is 0 Å². The van der Waals surface area contributed by atoms with Gasteiger partial charge in [-0.25, -0.2) is 0 Å². The van der Waals surface area contributed by atoms with Crippen molar-refractivity contribution in [3.05, 3.63) is 12.2 Å². The number of aliphatic hydroxyl groups is 1. The van der Waals surface area contributed by atoms with Crippen LogP contribution in [0.2, 0.25) is 0 Å². The minimum absolute atomic E-state index is 0.147. The van der Waals surface area contributed by atoms with E-state index >= 15 is 0 Å². The van der Waals surface area contributed by atoms with Gasteiger partial charge in [0.25, 0.3) is 0 Å². The molecule has 3 aliphatic rings. The fourth-order valence-electron chi connectivity index (χ4n) is 5.72. The smallest absolute Gasteiger partial charge is 0.0490 e. The van der Waals surface area contributed by atoms with Gasteiger partial charge in [-0.15, -0.1) is 0 Å². The molecule has 0 radical (unpaired) electrons. The molecule has 90 valence electrons. The molecule has 0 spiro atoms. The highest BCUT2D eigenvalue weighted by Gasteiger charge is 2.69. The second-order valence-corrected chi connectivity index (χ2v) is 7.00. The molecule has 0 aromatic rings. The van der Waals surface area contributed by atoms with Crippen molar-refractivity contribution in [2.75, 3.05) is 6.61 Å². The van der Waals surface area contributed by atoms with Crippen molar-refractivity contribution in [3.8, 4) is 0 Å². The molecule has 0 heterocycles. The van der Waals surface area contributed by atoms with Crippen LogP contribution in [-0.4, -0.2) is 11.7 Å². The van der Waals surface area contributed by atoms with E-state index in [1.807, 2.05) is 0 Å². The van der Waals surface area contributed by atoms with Crippen LogP contribution in [-0.2, 0) is 0 Å². The molecule has 3 saturated carbocycles. The number of hydrogen-bond donors (Lipinski definition) is 1. The van der Waals surface area contributed by atoms with Gasteiger partial charge in [0.05, 0.1) is 0 Å². The van der Waals surface area contributed by atoms with Gasteiger partial charge in [-0.3, -0.25) is 0 Å². The Hall–Kier alpha value is -0.300. The molecule has 1 heteroatoms. The van der Waals surface area contributed by atoms with Crippen molar-refractivity contribution in [2.45, 2.75) is 52.4 Å². The first-order valence-electron chi connectivity index (χ1n) is 6.78. The highest BCUT2D eigenvalue weighted by molar-refractivity contribution is 5.30. The second kappa shape index (κ2) is 2.93. The number of rotatable bonds is 1. The minimum atomic E-state index is 0.147. The highest BCUT2D eigenvalue weighted by Crippen LogP contribution is 2.77. The number of hydrogen-bond acceptors (Lipinski definition) is 1. The lowest BCUT2D eigenvalue weighted by Crippen LogP contribution is -2.51. The Kier molecular flexibility index (Phi) is 1.98. The van der Waals surface area contributed by atoms with Gasteiger partial charge >= 0.3 is 0 Å². The van der Waals surface area contributed by atoms with Gasteiger partial charge in [-0.05, 0) is 54.3 Å². The summed E-state index contributed by atoms with van der Waals surface area (Å²) < 4.78 is 0. The molecule has 1 N–H and O–H groups in total. The quantitative estimate of drug-likeness (QED) is 0.670. The van der Waals surface area contributed by atoms with E-state index in [0.717, 1.165) is 5.92 Å². The van der Waals surface area contributed by atoms with E-state index in [2.05, 4.69) is 20.4 Å². The van der Waals surface area contributed by atoms with E-state index in [4.69, 9.17) is 0 Å². The molecular formula is C15H24O. The predicted octanol–water partition coefficient (Wildman–Crippen LogP) is 3.53. The van der Waals surface area contributed by atoms with Crippen LogP contribution in [0.5, 0.6) is 0 Å². The average Bonchev–Trinajstić information content (AvgIpc) is 2.66. The summed E-state index contributed by atoms with van der Waals surface area (Å²) >= 11 is 0. The zero-order chi connectivity index (χ0) is 11.6. The molecule has 0 saturated heterocycles. The summed E-state index contributed by atoms with van der Waals surface area (Å²) in [5, 5.41) is 9.88. The molecule has 2 bridgehead atoms. The molecule has 16 heavy (non-hydrogen) atoms. The molecule has 3 aliphatic carbocycles. The van der Waals surface area contributed by atoms with E-state index in [1.165, 1.54) is 44.1 Å². The van der Waals surface area contributed by atoms with E-state index in [0.29, 0.717) is 17.4 Å². The third kappa shape index (κ3) is 0.895. The first-order valence-corrected chi connectivity index (χ1v) is 6.78. The summed E-state index contributed by atoms with van der Waals surface area (Å²) in [6.45, 7) is 9.49. The van der Waals surface area contributed by atoms with Gasteiger partial charge in [-0.1, -0.05) is 32.4 Å². The second-order valence-electron chi connectivity index (χ2n) is 7.00. The van der Waals surface area contributed by atoms with Gasteiger partial charge < -0.3 is 5.11 Å². The van der Waals surface area contributed by atoms with Crippen molar-refractivity contribution in [1.29, 1.82) is 0 Å². The summed E-state index contributed by atoms with van der Waals surface area (Å²) in [6, 6.07) is 0. The minimum Gasteiger partial charge on any atom is -0.396 e. The Bertz CT molecular complexity index is 347. The molecular weight excluding hydrogens is 196 g/mol. The Morgan fingerprint density at radius 3 is 2.69 bits per heavy atom. The van der Waals surface area contributed by atoms with Crippen molar-refractivity contribution in [1.82, 2.24) is 0 Å². The molecule has 3 fully saturated rings. The zero-order valence-corrected chi connectivity index (χ0v) is 10.7. The van der Waals surface area contributed by atoms with Crippen molar-refractivity contribution in [3.63, 3.8) is 0 Å². The average molecular weight is 220 g/mol. The lowest BCUT2D eigenvalue weighted by Gasteiger charge is -2.56. The van der Waals surface area contributed by atoms with Gasteiger partial charge in [0.15, 0.2) is 0 Å². The monoisotopic (exact) mass is 220 g/mol. The van der Waals surface area contributed by atoms with E-state index in [1.54, 1.807) is 0 Å². The Balaban J connectivity index is 2.14. The lowest BCUT2D eigenvalue weighted by molar-refractivity contribution is -0.105. The predicted molar refractivity (Wildman–Crippen MR) is 66.1 cm³/mol. The van der Waals surface area contributed by atoms with Crippen LogP contribution < -0.4 is 0 Å². The van der Waals surface area contributed by atoms with Gasteiger partial charge in [-0.2, -0.15) is 0 Å². The van der Waals surface area contributed by atoms with Crippen LogP contribution in [0.4, 0.5) is 0 Å². The summed E-state index contributed by atoms with van der Waals surface area (Å²) in [5.41, 5.74) is 2.44. The number of aliphatic hydroxyl groups excluding tert-OH is 1. The van der Waals surface area contributed by atoms with Crippen LogP contribution in [0.15, 0.2) is 12.2 Å². The summed E-state index contributed by atoms with van der Waals surface area (Å²) in [4.78, 5) is 0. The zero-order valence-electron chi connectivity index (χ0n) is 10.7. The number of allylic oxidation sites excluding steroid dienone is 1. The van der Waals surface area contributed by atoms with Crippen LogP contribution in [0.25, 0.3) is 0 Å². The van der Waals surface area contributed by atoms with Crippen LogP contribution in [0.1, 0.15) is 52.4 Å². The fraction of sp³-hybridized carbons (Fsp3) is 0.867. The summed E-state index contributed by atoms with van der Waals surface area (Å²) in [5.74, 6) is 0.749. The molecule has 0 aliphatic heterocycles. The topological polar surface area (TPSA) is 20.2 Å². The Morgan fingerprint density at radius 1 is 1.31 bits per heavy atom. The third-order valence-corrected chi connectivity index (χ3v) is 6.67. The molecule has 4 atom stereocenters. The molecule has 3 rings (SSSR count). The van der Waals surface area contributed by atoms with E-state index in [9.17, 15) is 5.11 Å². The fourth-order valence-corrected chi connectivity index (χ4v) is 5.72. The Labute approximate surface area is 98.9 Å². The van der Waals surface area contributed by atoms with Crippen LogP contribution in [0, 0.1) is 22.2 Å². The first kappa shape index (κ1) is 10.8. The van der Waals surface area contributed by atoms with E-state index in [-0.39, 0.29) is 5.41 Å². The van der Waals surface area contributed by atoms with Crippen molar-refractivity contribution < 1.29 is 5.11 Å². The first-order chi connectivity index (χ1) is 7.49. The Morgan fingerprint density at radius 2 is 2.06 bits per heavy atom. The van der Waals surface area contributed by atoms with Gasteiger partial charge in [0.1, 0.15) is 0 Å². The van der Waals surface area contributed by atoms with Crippen LogP contribution in [0.3, 0.4) is 0 Å². The van der Waals surface area contributed by atoms with Crippen LogP contribution >= 0.6 is 0 Å². The standard InChI is InChI=1S/C15H24O/c1-11-9-15-8-5-12(11)14(15,3)7-4-6-13(15,2)10-16/h12,16H,1,4-10H2,2-3H3/t12-,13-,14+,15+/m0/s1. The largest absolute Gasteiger partial charge is 0.396 e. The highest BCUT2D eigenvalue weighted by atomic mass is 16.3. The summed E-state index contributed by atoms with van der Waals surface area (Å²) in [6.07, 6.45) is 7.69. The summed E-state index contributed by atoms with van der Waals surface area (Å²) in [7, 11) is 0. The maximum absolute atomic E-state index is 9.88. The maximum Gasteiger partial charge on any atom is 0.0490 e. The maximum atomic E-state index is 9.88. The normalized spacial score (nSPS) is 55.4.